The summed E-state index contributed by atoms with van der Waals surface area (Å²) in [5.41, 5.74) is 4.59. The molecule has 37 heavy (non-hydrogen) atoms. The molecule has 0 unspecified atom stereocenters. The topological polar surface area (TPSA) is 55.8 Å². The molecule has 212 valence electrons. The minimum Gasteiger partial charge on any atom is -0.493 e. The monoisotopic (exact) mass is 516 g/mol. The average molecular weight is 517 g/mol. The van der Waals surface area contributed by atoms with Gasteiger partial charge in [0.25, 0.3) is 0 Å². The van der Waals surface area contributed by atoms with E-state index in [1.807, 2.05) is 0 Å². The Kier molecular flexibility index (Phi) is 12.8. The van der Waals surface area contributed by atoms with Gasteiger partial charge in [-0.1, -0.05) is 72.6 Å². The zero-order valence-corrected chi connectivity index (χ0v) is 25.3. The molecule has 1 aliphatic rings. The Balaban J connectivity index is 1.82. The molecular formula is C33H56O4. The average Bonchev–Trinajstić information content (AvgIpc) is 2.81. The highest BCUT2D eigenvalue weighted by atomic mass is 16.5. The molecule has 1 N–H and O–H groups in total. The number of hydrogen-bond donors (Lipinski definition) is 1. The van der Waals surface area contributed by atoms with Crippen molar-refractivity contribution in [3.63, 3.8) is 0 Å². The van der Waals surface area contributed by atoms with Crippen molar-refractivity contribution >= 4 is 5.97 Å². The van der Waals surface area contributed by atoms with Crippen LogP contribution in [0.5, 0.6) is 11.5 Å². The summed E-state index contributed by atoms with van der Waals surface area (Å²) < 4.78 is 12.8. The number of benzene rings is 1. The molecule has 3 atom stereocenters. The maximum absolute atomic E-state index is 10.8. The van der Waals surface area contributed by atoms with Crippen molar-refractivity contribution in [2.45, 2.75) is 144 Å². The summed E-state index contributed by atoms with van der Waals surface area (Å²) in [6.45, 7) is 18.6. The van der Waals surface area contributed by atoms with Gasteiger partial charge in [0, 0.05) is 12.0 Å². The lowest BCUT2D eigenvalue weighted by molar-refractivity contribution is -0.137. The van der Waals surface area contributed by atoms with E-state index in [0.29, 0.717) is 13.0 Å². The van der Waals surface area contributed by atoms with E-state index >= 15 is 0 Å². The van der Waals surface area contributed by atoms with Crippen LogP contribution in [-0.4, -0.2) is 23.3 Å². The van der Waals surface area contributed by atoms with Gasteiger partial charge in [-0.25, -0.2) is 0 Å². The summed E-state index contributed by atoms with van der Waals surface area (Å²) >= 11 is 0. The van der Waals surface area contributed by atoms with E-state index in [0.717, 1.165) is 65.2 Å². The first-order chi connectivity index (χ1) is 17.4. The Morgan fingerprint density at radius 2 is 1.49 bits per heavy atom. The quantitative estimate of drug-likeness (QED) is 0.210. The van der Waals surface area contributed by atoms with Crippen molar-refractivity contribution in [1.29, 1.82) is 0 Å². The molecule has 2 rings (SSSR count). The first kappa shape index (κ1) is 31.5. The molecule has 4 nitrogen and oxygen atoms in total. The fourth-order valence-electron chi connectivity index (χ4n) is 5.87. The Labute approximate surface area is 227 Å². The van der Waals surface area contributed by atoms with Gasteiger partial charge in [0.1, 0.15) is 17.1 Å². The Morgan fingerprint density at radius 1 is 0.892 bits per heavy atom. The van der Waals surface area contributed by atoms with Crippen molar-refractivity contribution in [3.05, 3.63) is 22.3 Å². The van der Waals surface area contributed by atoms with Crippen molar-refractivity contribution in [3.8, 4) is 11.5 Å². The summed E-state index contributed by atoms with van der Waals surface area (Å²) in [4.78, 5) is 10.8. The largest absolute Gasteiger partial charge is 0.493 e. The fraction of sp³-hybridized carbons (Fsp3) is 0.788. The molecule has 0 saturated carbocycles. The van der Waals surface area contributed by atoms with Gasteiger partial charge < -0.3 is 14.6 Å². The lowest BCUT2D eigenvalue weighted by atomic mass is 9.83. The minimum atomic E-state index is -0.775. The van der Waals surface area contributed by atoms with E-state index in [9.17, 15) is 4.79 Å². The van der Waals surface area contributed by atoms with Gasteiger partial charge in [0.15, 0.2) is 0 Å². The van der Waals surface area contributed by atoms with Gasteiger partial charge in [-0.2, -0.15) is 0 Å². The van der Waals surface area contributed by atoms with Crippen molar-refractivity contribution < 1.29 is 19.4 Å². The fourth-order valence-corrected chi connectivity index (χ4v) is 5.87. The predicted octanol–water partition coefficient (Wildman–Crippen LogP) is 9.38. The molecule has 1 aliphatic heterocycles. The molecule has 1 heterocycles. The molecule has 0 amide bonds. The van der Waals surface area contributed by atoms with Gasteiger partial charge in [0.2, 0.25) is 0 Å². The van der Waals surface area contributed by atoms with Crippen molar-refractivity contribution in [1.82, 2.24) is 0 Å². The second-order valence-corrected chi connectivity index (χ2v) is 12.8. The zero-order valence-electron chi connectivity index (χ0n) is 25.3. The molecule has 0 radical (unpaired) electrons. The van der Waals surface area contributed by atoms with Crippen LogP contribution in [0.1, 0.15) is 134 Å². The van der Waals surface area contributed by atoms with E-state index in [4.69, 9.17) is 14.6 Å². The highest BCUT2D eigenvalue weighted by molar-refractivity contribution is 5.66. The van der Waals surface area contributed by atoms with Gasteiger partial charge >= 0.3 is 5.97 Å². The number of ether oxygens (including phenoxy) is 2. The smallest absolute Gasteiger partial charge is 0.303 e. The molecule has 0 aliphatic carbocycles. The maximum atomic E-state index is 10.8. The number of carboxylic acids is 1. The van der Waals surface area contributed by atoms with Crippen LogP contribution in [0.15, 0.2) is 0 Å². The SMILES string of the molecule is Cc1c(C)c2c(c(C)c1OCCCC(=O)O)CC[C@@](C)(CCC[C@H](C)CCC[C@H](C)CCCC(C)C)O2. The highest BCUT2D eigenvalue weighted by Gasteiger charge is 2.34. The van der Waals surface area contributed by atoms with Gasteiger partial charge in [-0.05, 0) is 94.2 Å². The third-order valence-electron chi connectivity index (χ3n) is 8.62. The van der Waals surface area contributed by atoms with Crippen LogP contribution in [0.25, 0.3) is 0 Å². The highest BCUT2D eigenvalue weighted by Crippen LogP contribution is 2.45. The normalized spacial score (nSPS) is 18.8. The standard InChI is InChI=1S/C33H56O4/c1-23(2)13-9-14-24(3)15-10-16-25(4)17-11-20-33(8)21-19-29-28(7)31(36-22-12-18-30(34)35)26(5)27(6)32(29)37-33/h23-25H,9-22H2,1-8H3,(H,34,35)/t24-,25-,33-/m1/s1. The number of hydrogen-bond acceptors (Lipinski definition) is 3. The van der Waals surface area contributed by atoms with Crippen LogP contribution in [0.3, 0.4) is 0 Å². The summed E-state index contributed by atoms with van der Waals surface area (Å²) in [5.74, 6) is 3.68. The zero-order chi connectivity index (χ0) is 27.6. The van der Waals surface area contributed by atoms with Crippen LogP contribution >= 0.6 is 0 Å². The Bertz CT molecular complexity index is 859. The van der Waals surface area contributed by atoms with Crippen LogP contribution in [0.4, 0.5) is 0 Å². The molecule has 0 aromatic heterocycles. The number of aliphatic carboxylic acids is 1. The molecule has 0 bridgehead atoms. The van der Waals surface area contributed by atoms with Gasteiger partial charge in [-0.3, -0.25) is 4.79 Å². The van der Waals surface area contributed by atoms with Crippen LogP contribution in [0.2, 0.25) is 0 Å². The summed E-state index contributed by atoms with van der Waals surface area (Å²) in [7, 11) is 0. The number of fused-ring (bicyclic) bond motifs is 1. The van der Waals surface area contributed by atoms with E-state index < -0.39 is 5.97 Å². The summed E-state index contributed by atoms with van der Waals surface area (Å²) in [6.07, 6.45) is 14.5. The first-order valence-corrected chi connectivity index (χ1v) is 15.1. The van der Waals surface area contributed by atoms with Gasteiger partial charge in [-0.15, -0.1) is 0 Å². The predicted molar refractivity (Wildman–Crippen MR) is 155 cm³/mol. The lowest BCUT2D eigenvalue weighted by Gasteiger charge is -2.38. The van der Waals surface area contributed by atoms with Crippen molar-refractivity contribution in [2.24, 2.45) is 17.8 Å². The summed E-state index contributed by atoms with van der Waals surface area (Å²) in [5, 5.41) is 8.89. The lowest BCUT2D eigenvalue weighted by Crippen LogP contribution is -2.37. The van der Waals surface area contributed by atoms with E-state index in [1.54, 1.807) is 0 Å². The molecule has 4 heteroatoms. The molecule has 0 saturated heterocycles. The van der Waals surface area contributed by atoms with Crippen LogP contribution < -0.4 is 9.47 Å². The Morgan fingerprint density at radius 3 is 2.08 bits per heavy atom. The molecule has 1 aromatic rings. The third-order valence-corrected chi connectivity index (χ3v) is 8.62. The second kappa shape index (κ2) is 15.0. The van der Waals surface area contributed by atoms with Crippen molar-refractivity contribution in [2.75, 3.05) is 6.61 Å². The number of rotatable bonds is 17. The number of carboxylic acid groups (broad SMARTS) is 1. The van der Waals surface area contributed by atoms with Crippen LogP contribution in [0, 0.1) is 38.5 Å². The second-order valence-electron chi connectivity index (χ2n) is 12.8. The molecule has 0 spiro atoms. The third kappa shape index (κ3) is 10.2. The van der Waals surface area contributed by atoms with E-state index in [2.05, 4.69) is 55.4 Å². The van der Waals surface area contributed by atoms with Crippen LogP contribution in [-0.2, 0) is 11.2 Å². The maximum Gasteiger partial charge on any atom is 0.303 e. The first-order valence-electron chi connectivity index (χ1n) is 15.1. The number of carbonyl (C=O) groups is 1. The molecular weight excluding hydrogens is 460 g/mol. The van der Waals surface area contributed by atoms with E-state index in [1.165, 1.54) is 56.9 Å². The van der Waals surface area contributed by atoms with E-state index in [-0.39, 0.29) is 12.0 Å². The summed E-state index contributed by atoms with van der Waals surface area (Å²) in [6, 6.07) is 0. The molecule has 0 fully saturated rings. The molecule has 1 aromatic carbocycles. The minimum absolute atomic E-state index is 0.106. The Hall–Kier alpha value is -1.71. The van der Waals surface area contributed by atoms with Gasteiger partial charge in [0.05, 0.1) is 6.61 Å².